The van der Waals surface area contributed by atoms with Crippen LogP contribution >= 0.6 is 11.6 Å². The van der Waals surface area contributed by atoms with Gasteiger partial charge in [0.1, 0.15) is 11.4 Å². The number of likely N-dealkylation sites (N-methyl/N-ethyl adjacent to an activating group) is 1. The van der Waals surface area contributed by atoms with Crippen LogP contribution in [-0.2, 0) is 7.05 Å². The highest BCUT2D eigenvalue weighted by Gasteiger charge is 2.20. The van der Waals surface area contributed by atoms with Crippen molar-refractivity contribution in [1.82, 2.24) is 29.3 Å². The van der Waals surface area contributed by atoms with Crippen LogP contribution in [0.15, 0.2) is 24.7 Å². The zero-order valence-corrected chi connectivity index (χ0v) is 15.3. The number of hydrogen-bond acceptors (Lipinski definition) is 6. The van der Waals surface area contributed by atoms with Crippen LogP contribution in [-0.4, -0.2) is 68.4 Å². The first-order chi connectivity index (χ1) is 12.5. The highest BCUT2D eigenvalue weighted by atomic mass is 35.5. The van der Waals surface area contributed by atoms with Crippen molar-refractivity contribution in [2.24, 2.45) is 7.05 Å². The number of fused-ring (bicyclic) bond motifs is 1. The lowest BCUT2D eigenvalue weighted by Crippen LogP contribution is -2.44. The summed E-state index contributed by atoms with van der Waals surface area (Å²) < 4.78 is 3.14. The molecule has 1 aliphatic rings. The number of nitrogens with one attached hydrogen (secondary N) is 1. The second-order valence-corrected chi connectivity index (χ2v) is 6.72. The normalized spacial score (nSPS) is 15.6. The number of piperazine rings is 1. The van der Waals surface area contributed by atoms with E-state index in [1.807, 2.05) is 12.3 Å². The van der Waals surface area contributed by atoms with Crippen LogP contribution in [0.1, 0.15) is 10.4 Å². The van der Waals surface area contributed by atoms with Crippen molar-refractivity contribution in [3.8, 4) is 0 Å². The van der Waals surface area contributed by atoms with E-state index >= 15 is 0 Å². The Balaban J connectivity index is 1.62. The Bertz CT molecular complexity index is 956. The fourth-order valence-electron chi connectivity index (χ4n) is 2.97. The number of nitrogens with zero attached hydrogens (tertiary/aromatic N) is 7. The van der Waals surface area contributed by atoms with E-state index in [0.29, 0.717) is 16.9 Å². The van der Waals surface area contributed by atoms with Crippen molar-refractivity contribution < 1.29 is 4.79 Å². The van der Waals surface area contributed by atoms with Crippen molar-refractivity contribution in [3.63, 3.8) is 0 Å². The Kier molecular flexibility index (Phi) is 4.25. The van der Waals surface area contributed by atoms with Gasteiger partial charge in [0.05, 0.1) is 11.9 Å². The topological polar surface area (TPSA) is 83.6 Å². The summed E-state index contributed by atoms with van der Waals surface area (Å²) in [5, 5.41) is 11.2. The average molecular weight is 375 g/mol. The molecule has 136 valence electrons. The van der Waals surface area contributed by atoms with Crippen molar-refractivity contribution in [1.29, 1.82) is 0 Å². The van der Waals surface area contributed by atoms with Gasteiger partial charge in [0.15, 0.2) is 10.8 Å². The van der Waals surface area contributed by atoms with Gasteiger partial charge < -0.3 is 15.1 Å². The lowest BCUT2D eigenvalue weighted by molar-refractivity contribution is 0.102. The zero-order valence-electron chi connectivity index (χ0n) is 14.6. The Morgan fingerprint density at radius 2 is 2.00 bits per heavy atom. The van der Waals surface area contributed by atoms with Crippen molar-refractivity contribution >= 4 is 34.7 Å². The first kappa shape index (κ1) is 16.8. The Labute approximate surface area is 155 Å². The van der Waals surface area contributed by atoms with Gasteiger partial charge in [0, 0.05) is 45.6 Å². The Morgan fingerprint density at radius 3 is 2.69 bits per heavy atom. The summed E-state index contributed by atoms with van der Waals surface area (Å²) in [6, 6.07) is 1.92. The van der Waals surface area contributed by atoms with Crippen LogP contribution in [0.2, 0.25) is 5.15 Å². The molecule has 9 nitrogen and oxygen atoms in total. The third-order valence-corrected chi connectivity index (χ3v) is 4.74. The quantitative estimate of drug-likeness (QED) is 0.739. The van der Waals surface area contributed by atoms with E-state index in [2.05, 4.69) is 37.3 Å². The minimum atomic E-state index is -0.321. The number of halogens is 1. The molecule has 26 heavy (non-hydrogen) atoms. The van der Waals surface area contributed by atoms with Gasteiger partial charge in [-0.15, -0.1) is 0 Å². The van der Waals surface area contributed by atoms with Crippen LogP contribution < -0.4 is 10.2 Å². The minimum Gasteiger partial charge on any atom is -0.354 e. The summed E-state index contributed by atoms with van der Waals surface area (Å²) in [7, 11) is 3.84. The minimum absolute atomic E-state index is 0.239. The Hall–Kier alpha value is -2.65. The molecule has 4 rings (SSSR count). The highest BCUT2D eigenvalue weighted by molar-refractivity contribution is 6.32. The summed E-state index contributed by atoms with van der Waals surface area (Å²) in [6.45, 7) is 3.78. The molecule has 0 atom stereocenters. The third kappa shape index (κ3) is 3.11. The molecule has 0 unspecified atom stereocenters. The smallest absolute Gasteiger partial charge is 0.261 e. The van der Waals surface area contributed by atoms with E-state index in [0.717, 1.165) is 32.0 Å². The van der Waals surface area contributed by atoms with Gasteiger partial charge in [-0.3, -0.25) is 9.48 Å². The van der Waals surface area contributed by atoms with Crippen molar-refractivity contribution in [2.75, 3.05) is 43.4 Å². The maximum Gasteiger partial charge on any atom is 0.261 e. The van der Waals surface area contributed by atoms with Gasteiger partial charge in [-0.1, -0.05) is 11.6 Å². The van der Waals surface area contributed by atoms with Crippen LogP contribution in [0, 0.1) is 0 Å². The lowest BCUT2D eigenvalue weighted by atomic mass is 10.3. The maximum absolute atomic E-state index is 12.7. The zero-order chi connectivity index (χ0) is 18.3. The van der Waals surface area contributed by atoms with Gasteiger partial charge in [0.2, 0.25) is 0 Å². The molecule has 1 N–H and O–H groups in total. The summed E-state index contributed by atoms with van der Waals surface area (Å²) in [4.78, 5) is 21.8. The number of aromatic nitrogens is 5. The third-order valence-electron chi connectivity index (χ3n) is 4.46. The number of carbonyl (C=O) groups excluding carboxylic acids is 1. The van der Waals surface area contributed by atoms with Crippen LogP contribution in [0.25, 0.3) is 5.65 Å². The van der Waals surface area contributed by atoms with E-state index in [-0.39, 0.29) is 11.1 Å². The van der Waals surface area contributed by atoms with Crippen LogP contribution in [0.4, 0.5) is 11.5 Å². The van der Waals surface area contributed by atoms with Gasteiger partial charge in [-0.25, -0.2) is 9.50 Å². The second-order valence-electron chi connectivity index (χ2n) is 6.36. The summed E-state index contributed by atoms with van der Waals surface area (Å²) >= 11 is 6.01. The molecule has 3 aromatic heterocycles. The number of hydrogen-bond donors (Lipinski definition) is 1. The van der Waals surface area contributed by atoms with E-state index < -0.39 is 0 Å². The van der Waals surface area contributed by atoms with Gasteiger partial charge in [0.25, 0.3) is 5.91 Å². The molecule has 0 saturated carbocycles. The van der Waals surface area contributed by atoms with Gasteiger partial charge in [-0.2, -0.15) is 10.2 Å². The predicted molar refractivity (Wildman–Crippen MR) is 98.9 cm³/mol. The highest BCUT2D eigenvalue weighted by Crippen LogP contribution is 2.21. The molecular weight excluding hydrogens is 356 g/mol. The molecule has 0 radical (unpaired) electrons. The monoisotopic (exact) mass is 374 g/mol. The average Bonchev–Trinajstić information content (AvgIpc) is 3.18. The second kappa shape index (κ2) is 6.58. The number of amides is 1. The summed E-state index contributed by atoms with van der Waals surface area (Å²) in [5.74, 6) is 0.525. The molecule has 0 aliphatic carbocycles. The molecule has 0 aromatic carbocycles. The van der Waals surface area contributed by atoms with Crippen molar-refractivity contribution in [2.45, 2.75) is 0 Å². The number of anilines is 2. The molecule has 1 amide bonds. The van der Waals surface area contributed by atoms with E-state index in [1.54, 1.807) is 17.8 Å². The van der Waals surface area contributed by atoms with E-state index in [1.165, 1.54) is 10.9 Å². The van der Waals surface area contributed by atoms with Gasteiger partial charge in [-0.05, 0) is 13.1 Å². The summed E-state index contributed by atoms with van der Waals surface area (Å²) in [6.07, 6.45) is 4.98. The number of rotatable bonds is 3. The standard InChI is InChI=1S/C16H19ClN8O/c1-22-5-7-24(8-6-22)13-3-4-25-15(20-13)11(9-18-25)16(26)19-12-10-23(2)21-14(12)17/h3-4,9-10H,5-8H2,1-2H3,(H,19,26). The molecule has 0 bridgehead atoms. The molecule has 0 spiro atoms. The van der Waals surface area contributed by atoms with Gasteiger partial charge >= 0.3 is 0 Å². The van der Waals surface area contributed by atoms with Crippen LogP contribution in [0.5, 0.6) is 0 Å². The molecule has 1 fully saturated rings. The molecule has 3 aromatic rings. The first-order valence-electron chi connectivity index (χ1n) is 8.29. The van der Waals surface area contributed by atoms with Crippen molar-refractivity contribution in [3.05, 3.63) is 35.4 Å². The molecular formula is C16H19ClN8O. The molecule has 4 heterocycles. The fraction of sp³-hybridized carbons (Fsp3) is 0.375. The molecule has 10 heteroatoms. The maximum atomic E-state index is 12.7. The fourth-order valence-corrected chi connectivity index (χ4v) is 3.18. The SMILES string of the molecule is CN1CCN(c2ccn3ncc(C(=O)Nc4cn(C)nc4Cl)c3n2)CC1. The Morgan fingerprint density at radius 1 is 1.23 bits per heavy atom. The largest absolute Gasteiger partial charge is 0.354 e. The first-order valence-corrected chi connectivity index (χ1v) is 8.67. The number of carbonyl (C=O) groups is 1. The predicted octanol–water partition coefficient (Wildman–Crippen LogP) is 1.12. The molecule has 1 aliphatic heterocycles. The van der Waals surface area contributed by atoms with E-state index in [9.17, 15) is 4.79 Å². The van der Waals surface area contributed by atoms with Crippen LogP contribution in [0.3, 0.4) is 0 Å². The summed E-state index contributed by atoms with van der Waals surface area (Å²) in [5.41, 5.74) is 1.36. The number of aryl methyl sites for hydroxylation is 1. The molecule has 1 saturated heterocycles. The van der Waals surface area contributed by atoms with E-state index in [4.69, 9.17) is 11.6 Å². The lowest BCUT2D eigenvalue weighted by Gasteiger charge is -2.33.